The maximum atomic E-state index is 10.9. The van der Waals surface area contributed by atoms with Crippen LogP contribution in [-0.4, -0.2) is 30.4 Å². The van der Waals surface area contributed by atoms with Crippen LogP contribution in [-0.2, 0) is 23.9 Å². The van der Waals surface area contributed by atoms with Crippen molar-refractivity contribution in [2.75, 3.05) is 6.61 Å². The molecule has 0 spiro atoms. The second-order valence-corrected chi connectivity index (χ2v) is 2.98. The number of Topliss-reactive ketones (excluding diaryl/α,β-unsaturated/α-hetero) is 1. The number of ketones is 1. The Labute approximate surface area is 82.4 Å². The fourth-order valence-corrected chi connectivity index (χ4v) is 0.782. The van der Waals surface area contributed by atoms with Crippen LogP contribution in [0.3, 0.4) is 0 Å². The first-order valence-corrected chi connectivity index (χ1v) is 4.24. The third kappa shape index (κ3) is 7.27. The van der Waals surface area contributed by atoms with Gasteiger partial charge in [-0.05, 0) is 13.8 Å². The molecule has 0 N–H and O–H groups in total. The predicted octanol–water partition coefficient (Wildman–Crippen LogP) is 0.460. The second-order valence-electron chi connectivity index (χ2n) is 2.98. The van der Waals surface area contributed by atoms with Crippen LogP contribution in [0, 0.1) is 0 Å². The van der Waals surface area contributed by atoms with Gasteiger partial charge in [0, 0.05) is 6.92 Å². The molecule has 0 aromatic heterocycles. The molecule has 1 unspecified atom stereocenters. The van der Waals surface area contributed by atoms with E-state index in [1.807, 2.05) is 0 Å². The maximum absolute atomic E-state index is 10.9. The second kappa shape index (κ2) is 6.12. The summed E-state index contributed by atoms with van der Waals surface area (Å²) in [5.41, 5.74) is 0. The van der Waals surface area contributed by atoms with E-state index in [-0.39, 0.29) is 18.8 Å². The number of carbonyl (C=O) groups excluding carboxylic acids is 3. The van der Waals surface area contributed by atoms with Gasteiger partial charge in [-0.3, -0.25) is 14.4 Å². The molecular weight excluding hydrogens is 188 g/mol. The number of ether oxygens (including phenoxy) is 2. The van der Waals surface area contributed by atoms with Gasteiger partial charge < -0.3 is 9.47 Å². The van der Waals surface area contributed by atoms with Crippen LogP contribution in [0.1, 0.15) is 27.2 Å². The van der Waals surface area contributed by atoms with Crippen LogP contribution in [0.2, 0.25) is 0 Å². The molecule has 0 amide bonds. The Balaban J connectivity index is 3.66. The van der Waals surface area contributed by atoms with Crippen molar-refractivity contribution in [1.29, 1.82) is 0 Å². The summed E-state index contributed by atoms with van der Waals surface area (Å²) in [6.45, 7) is 4.15. The highest BCUT2D eigenvalue weighted by atomic mass is 16.6. The number of hydrogen-bond donors (Lipinski definition) is 0. The summed E-state index contributed by atoms with van der Waals surface area (Å²) in [5.74, 6) is -1.29. The number of esters is 2. The first-order valence-electron chi connectivity index (χ1n) is 4.24. The summed E-state index contributed by atoms with van der Waals surface area (Å²) in [6.07, 6.45) is -0.726. The van der Waals surface area contributed by atoms with Crippen LogP contribution in [0.25, 0.3) is 0 Å². The zero-order valence-electron chi connectivity index (χ0n) is 8.53. The topological polar surface area (TPSA) is 69.7 Å². The van der Waals surface area contributed by atoms with Gasteiger partial charge in [-0.1, -0.05) is 0 Å². The molecule has 0 rings (SSSR count). The lowest BCUT2D eigenvalue weighted by atomic mass is 10.3. The molecule has 0 heterocycles. The summed E-state index contributed by atoms with van der Waals surface area (Å²) < 4.78 is 9.38. The largest absolute Gasteiger partial charge is 0.461 e. The zero-order valence-corrected chi connectivity index (χ0v) is 8.53. The average molecular weight is 202 g/mol. The quantitative estimate of drug-likeness (QED) is 0.478. The molecule has 0 aliphatic carbocycles. The predicted molar refractivity (Wildman–Crippen MR) is 47.5 cm³/mol. The third-order valence-electron chi connectivity index (χ3n) is 1.24. The summed E-state index contributed by atoms with van der Waals surface area (Å²) in [5, 5.41) is 0. The van der Waals surface area contributed by atoms with E-state index in [1.54, 1.807) is 6.92 Å². The molecule has 5 nitrogen and oxygen atoms in total. The Morgan fingerprint density at radius 3 is 2.21 bits per heavy atom. The minimum atomic E-state index is -0.600. The van der Waals surface area contributed by atoms with Crippen molar-refractivity contribution in [2.24, 2.45) is 0 Å². The van der Waals surface area contributed by atoms with Gasteiger partial charge in [-0.15, -0.1) is 0 Å². The molecule has 0 fully saturated rings. The Hall–Kier alpha value is -1.39. The lowest BCUT2D eigenvalue weighted by Gasteiger charge is -2.11. The van der Waals surface area contributed by atoms with Gasteiger partial charge >= 0.3 is 11.9 Å². The number of hydrogen-bond acceptors (Lipinski definition) is 5. The van der Waals surface area contributed by atoms with Gasteiger partial charge in [0.2, 0.25) is 0 Å². The highest BCUT2D eigenvalue weighted by Gasteiger charge is 2.10. The third-order valence-corrected chi connectivity index (χ3v) is 1.24. The molecule has 5 heteroatoms. The van der Waals surface area contributed by atoms with Crippen LogP contribution in [0.4, 0.5) is 0 Å². The molecule has 0 radical (unpaired) electrons. The van der Waals surface area contributed by atoms with E-state index in [2.05, 4.69) is 4.74 Å². The fraction of sp³-hybridized carbons (Fsp3) is 0.667. The fourth-order valence-electron chi connectivity index (χ4n) is 0.782. The SMILES string of the molecule is CC(=O)CC(=O)OCC(C)OC(C)=O. The Morgan fingerprint density at radius 1 is 1.21 bits per heavy atom. The molecule has 0 aliphatic rings. The first kappa shape index (κ1) is 12.6. The van der Waals surface area contributed by atoms with Crippen molar-refractivity contribution in [3.63, 3.8) is 0 Å². The molecule has 0 aliphatic heterocycles. The Kier molecular flexibility index (Phi) is 5.52. The van der Waals surface area contributed by atoms with E-state index in [0.717, 1.165) is 0 Å². The van der Waals surface area contributed by atoms with Crippen molar-refractivity contribution in [3.05, 3.63) is 0 Å². The highest BCUT2D eigenvalue weighted by molar-refractivity contribution is 5.94. The number of rotatable bonds is 5. The minimum Gasteiger partial charge on any atom is -0.461 e. The van der Waals surface area contributed by atoms with E-state index in [0.29, 0.717) is 0 Å². The standard InChI is InChI=1S/C9H14O5/c1-6(10)4-9(12)13-5-7(2)14-8(3)11/h7H,4-5H2,1-3H3. The lowest BCUT2D eigenvalue weighted by Crippen LogP contribution is -2.21. The molecular formula is C9H14O5. The molecule has 1 atom stereocenters. The van der Waals surface area contributed by atoms with Gasteiger partial charge in [0.1, 0.15) is 24.9 Å². The average Bonchev–Trinajstić information content (AvgIpc) is 1.98. The van der Waals surface area contributed by atoms with Gasteiger partial charge in [0.15, 0.2) is 0 Å². The van der Waals surface area contributed by atoms with Crippen molar-refractivity contribution in [2.45, 2.75) is 33.3 Å². The maximum Gasteiger partial charge on any atom is 0.313 e. The minimum absolute atomic E-state index is 0.0221. The molecule has 0 bridgehead atoms. The van der Waals surface area contributed by atoms with Gasteiger partial charge in [0.25, 0.3) is 0 Å². The lowest BCUT2D eigenvalue weighted by molar-refractivity contribution is -0.157. The molecule has 0 saturated carbocycles. The van der Waals surface area contributed by atoms with Crippen LogP contribution < -0.4 is 0 Å². The summed E-state index contributed by atoms with van der Waals surface area (Å²) in [7, 11) is 0. The summed E-state index contributed by atoms with van der Waals surface area (Å²) in [6, 6.07) is 0. The van der Waals surface area contributed by atoms with E-state index in [1.165, 1.54) is 13.8 Å². The van der Waals surface area contributed by atoms with E-state index < -0.39 is 18.0 Å². The van der Waals surface area contributed by atoms with Crippen molar-refractivity contribution >= 4 is 17.7 Å². The summed E-state index contributed by atoms with van der Waals surface area (Å²) >= 11 is 0. The smallest absolute Gasteiger partial charge is 0.313 e. The van der Waals surface area contributed by atoms with Gasteiger partial charge in [0.05, 0.1) is 0 Å². The molecule has 0 saturated heterocycles. The zero-order chi connectivity index (χ0) is 11.1. The summed E-state index contributed by atoms with van der Waals surface area (Å²) in [4.78, 5) is 31.8. The number of carbonyl (C=O) groups is 3. The Bertz CT molecular complexity index is 233. The monoisotopic (exact) mass is 202 g/mol. The molecule has 14 heavy (non-hydrogen) atoms. The van der Waals surface area contributed by atoms with Crippen LogP contribution >= 0.6 is 0 Å². The van der Waals surface area contributed by atoms with E-state index in [9.17, 15) is 14.4 Å². The van der Waals surface area contributed by atoms with Gasteiger partial charge in [-0.25, -0.2) is 0 Å². The highest BCUT2D eigenvalue weighted by Crippen LogP contribution is 1.95. The van der Waals surface area contributed by atoms with Crippen molar-refractivity contribution in [1.82, 2.24) is 0 Å². The van der Waals surface area contributed by atoms with Crippen LogP contribution in [0.15, 0.2) is 0 Å². The molecule has 0 aromatic carbocycles. The van der Waals surface area contributed by atoms with E-state index in [4.69, 9.17) is 4.74 Å². The molecule has 80 valence electrons. The first-order chi connectivity index (χ1) is 6.41. The Morgan fingerprint density at radius 2 is 1.79 bits per heavy atom. The van der Waals surface area contributed by atoms with Gasteiger partial charge in [-0.2, -0.15) is 0 Å². The van der Waals surface area contributed by atoms with E-state index >= 15 is 0 Å². The van der Waals surface area contributed by atoms with Crippen LogP contribution in [0.5, 0.6) is 0 Å². The van der Waals surface area contributed by atoms with Crippen molar-refractivity contribution < 1.29 is 23.9 Å². The van der Waals surface area contributed by atoms with Crippen molar-refractivity contribution in [3.8, 4) is 0 Å². The molecule has 0 aromatic rings. The normalized spacial score (nSPS) is 11.6.